The first-order chi connectivity index (χ1) is 11.6. The monoisotopic (exact) mass is 333 g/mol. The van der Waals surface area contributed by atoms with Gasteiger partial charge >= 0.3 is 0 Å². The molecule has 24 heavy (non-hydrogen) atoms. The molecule has 0 spiro atoms. The van der Waals surface area contributed by atoms with Crippen LogP contribution in [-0.4, -0.2) is 24.2 Å². The van der Waals surface area contributed by atoms with Gasteiger partial charge in [0.15, 0.2) is 11.5 Å². The van der Waals surface area contributed by atoms with Gasteiger partial charge in [-0.1, -0.05) is 32.8 Å². The van der Waals surface area contributed by atoms with Crippen LogP contribution in [0.4, 0.5) is 0 Å². The minimum atomic E-state index is 0.0497. The van der Waals surface area contributed by atoms with Gasteiger partial charge < -0.3 is 15.2 Å². The summed E-state index contributed by atoms with van der Waals surface area (Å²) in [4.78, 5) is 12.3. The second kappa shape index (κ2) is 8.95. The summed E-state index contributed by atoms with van der Waals surface area (Å²) in [7, 11) is 1.51. The van der Waals surface area contributed by atoms with Crippen LogP contribution in [0.25, 0.3) is 0 Å². The van der Waals surface area contributed by atoms with Gasteiger partial charge in [0.1, 0.15) is 0 Å². The Bertz CT molecular complexity index is 532. The predicted molar refractivity (Wildman–Crippen MR) is 96.3 cm³/mol. The van der Waals surface area contributed by atoms with Crippen LogP contribution in [0.15, 0.2) is 18.2 Å². The molecule has 0 bridgehead atoms. The standard InChI is InChI=1S/C20H31NO3/c1-4-15(5-2)16-7-9-17(10-8-16)21-20(23)13-14-6-11-18(22)19(12-14)24-3/h6,11-12,15-17,22H,4-5,7-10,13H2,1-3H3,(H,21,23). The highest BCUT2D eigenvalue weighted by atomic mass is 16.5. The molecule has 0 saturated heterocycles. The highest BCUT2D eigenvalue weighted by molar-refractivity contribution is 5.79. The van der Waals surface area contributed by atoms with Gasteiger partial charge in [0, 0.05) is 6.04 Å². The average molecular weight is 333 g/mol. The fourth-order valence-corrected chi connectivity index (χ4v) is 3.99. The lowest BCUT2D eigenvalue weighted by Gasteiger charge is -2.33. The van der Waals surface area contributed by atoms with Crippen LogP contribution in [-0.2, 0) is 11.2 Å². The second-order valence-electron chi connectivity index (χ2n) is 6.94. The van der Waals surface area contributed by atoms with Gasteiger partial charge in [0.25, 0.3) is 0 Å². The molecule has 134 valence electrons. The molecule has 0 unspecified atom stereocenters. The van der Waals surface area contributed by atoms with Crippen molar-refractivity contribution in [2.75, 3.05) is 7.11 Å². The van der Waals surface area contributed by atoms with Crippen molar-refractivity contribution in [2.24, 2.45) is 11.8 Å². The Morgan fingerprint density at radius 3 is 2.50 bits per heavy atom. The van der Waals surface area contributed by atoms with E-state index in [1.807, 2.05) is 0 Å². The maximum atomic E-state index is 12.3. The van der Waals surface area contributed by atoms with Crippen molar-refractivity contribution in [3.63, 3.8) is 0 Å². The van der Waals surface area contributed by atoms with Gasteiger partial charge in [-0.3, -0.25) is 4.79 Å². The van der Waals surface area contributed by atoms with Crippen molar-refractivity contribution in [3.8, 4) is 11.5 Å². The van der Waals surface area contributed by atoms with Crippen molar-refractivity contribution >= 4 is 5.91 Å². The fraction of sp³-hybridized carbons (Fsp3) is 0.650. The van der Waals surface area contributed by atoms with E-state index in [-0.39, 0.29) is 11.7 Å². The lowest BCUT2D eigenvalue weighted by molar-refractivity contribution is -0.121. The van der Waals surface area contributed by atoms with Gasteiger partial charge in [-0.15, -0.1) is 0 Å². The zero-order valence-corrected chi connectivity index (χ0v) is 15.2. The van der Waals surface area contributed by atoms with Gasteiger partial charge in [-0.25, -0.2) is 0 Å². The molecule has 2 N–H and O–H groups in total. The lowest BCUT2D eigenvalue weighted by Crippen LogP contribution is -2.39. The third-order valence-electron chi connectivity index (χ3n) is 5.46. The first kappa shape index (κ1) is 18.6. The van der Waals surface area contributed by atoms with Crippen LogP contribution in [0.5, 0.6) is 11.5 Å². The smallest absolute Gasteiger partial charge is 0.224 e. The first-order valence-corrected chi connectivity index (χ1v) is 9.22. The summed E-state index contributed by atoms with van der Waals surface area (Å²) in [6.45, 7) is 4.57. The molecule has 1 amide bonds. The quantitative estimate of drug-likeness (QED) is 0.791. The molecule has 1 fully saturated rings. The molecular weight excluding hydrogens is 302 g/mol. The summed E-state index contributed by atoms with van der Waals surface area (Å²) >= 11 is 0. The van der Waals surface area contributed by atoms with E-state index in [2.05, 4.69) is 19.2 Å². The summed E-state index contributed by atoms with van der Waals surface area (Å²) < 4.78 is 5.09. The molecule has 1 aliphatic carbocycles. The number of methoxy groups -OCH3 is 1. The second-order valence-corrected chi connectivity index (χ2v) is 6.94. The van der Waals surface area contributed by atoms with Gasteiger partial charge in [-0.2, -0.15) is 0 Å². The number of nitrogens with one attached hydrogen (secondary N) is 1. The van der Waals surface area contributed by atoms with Crippen LogP contribution in [0.1, 0.15) is 57.9 Å². The maximum absolute atomic E-state index is 12.3. The number of aromatic hydroxyl groups is 1. The number of phenolic OH excluding ortho intramolecular Hbond substituents is 1. The number of rotatable bonds is 7. The van der Waals surface area contributed by atoms with Crippen molar-refractivity contribution in [1.29, 1.82) is 0 Å². The summed E-state index contributed by atoms with van der Waals surface area (Å²) in [6, 6.07) is 5.37. The largest absolute Gasteiger partial charge is 0.504 e. The van der Waals surface area contributed by atoms with Crippen LogP contribution in [0.2, 0.25) is 0 Å². The summed E-state index contributed by atoms with van der Waals surface area (Å²) in [6.07, 6.45) is 7.48. The highest BCUT2D eigenvalue weighted by Gasteiger charge is 2.26. The van der Waals surface area contributed by atoms with Crippen LogP contribution < -0.4 is 10.1 Å². The van der Waals surface area contributed by atoms with Gasteiger partial charge in [-0.05, 0) is 55.2 Å². The molecule has 4 heteroatoms. The molecule has 0 atom stereocenters. The van der Waals surface area contributed by atoms with Crippen molar-refractivity contribution in [1.82, 2.24) is 5.32 Å². The normalized spacial score (nSPS) is 20.8. The molecule has 4 nitrogen and oxygen atoms in total. The lowest BCUT2D eigenvalue weighted by atomic mass is 9.76. The molecule has 1 saturated carbocycles. The molecule has 1 aliphatic rings. The molecule has 1 aromatic carbocycles. The Balaban J connectivity index is 1.81. The number of carbonyl (C=O) groups is 1. The topological polar surface area (TPSA) is 58.6 Å². The number of carbonyl (C=O) groups excluding carboxylic acids is 1. The predicted octanol–water partition coefficient (Wildman–Crippen LogP) is 4.05. The average Bonchev–Trinajstić information content (AvgIpc) is 2.59. The van der Waals surface area contributed by atoms with Gasteiger partial charge in [0.05, 0.1) is 13.5 Å². The zero-order chi connectivity index (χ0) is 17.5. The number of hydrogen-bond acceptors (Lipinski definition) is 3. The number of phenols is 1. The number of benzene rings is 1. The molecule has 0 aliphatic heterocycles. The highest BCUT2D eigenvalue weighted by Crippen LogP contribution is 2.33. The molecule has 0 heterocycles. The molecule has 1 aromatic rings. The van der Waals surface area contributed by atoms with E-state index in [9.17, 15) is 9.90 Å². The number of hydrogen-bond donors (Lipinski definition) is 2. The Morgan fingerprint density at radius 1 is 1.25 bits per heavy atom. The summed E-state index contributed by atoms with van der Waals surface area (Å²) in [5, 5.41) is 12.8. The minimum absolute atomic E-state index is 0.0497. The van der Waals surface area contributed by atoms with E-state index in [4.69, 9.17) is 4.74 Å². The SMILES string of the molecule is CCC(CC)C1CCC(NC(=O)Cc2ccc(O)c(OC)c2)CC1. The van der Waals surface area contributed by atoms with E-state index in [1.165, 1.54) is 32.8 Å². The Morgan fingerprint density at radius 2 is 1.92 bits per heavy atom. The first-order valence-electron chi connectivity index (χ1n) is 9.22. The van der Waals surface area contributed by atoms with Crippen LogP contribution >= 0.6 is 0 Å². The molecule has 2 rings (SSSR count). The Hall–Kier alpha value is -1.71. The Labute approximate surface area is 145 Å². The van der Waals surface area contributed by atoms with E-state index in [1.54, 1.807) is 18.2 Å². The fourth-order valence-electron chi connectivity index (χ4n) is 3.99. The zero-order valence-electron chi connectivity index (χ0n) is 15.2. The van der Waals surface area contributed by atoms with E-state index >= 15 is 0 Å². The van der Waals surface area contributed by atoms with Crippen LogP contribution in [0.3, 0.4) is 0 Å². The third kappa shape index (κ3) is 4.89. The van der Waals surface area contributed by atoms with Crippen molar-refractivity contribution in [3.05, 3.63) is 23.8 Å². The number of ether oxygens (including phenoxy) is 1. The van der Waals surface area contributed by atoms with Crippen molar-refractivity contribution < 1.29 is 14.6 Å². The van der Waals surface area contributed by atoms with Crippen molar-refractivity contribution in [2.45, 2.75) is 64.8 Å². The maximum Gasteiger partial charge on any atom is 0.224 e. The third-order valence-corrected chi connectivity index (χ3v) is 5.46. The van der Waals surface area contributed by atoms with E-state index in [0.717, 1.165) is 30.2 Å². The van der Waals surface area contributed by atoms with Crippen LogP contribution in [0, 0.1) is 11.8 Å². The number of amides is 1. The van der Waals surface area contributed by atoms with E-state index in [0.29, 0.717) is 18.2 Å². The summed E-state index contributed by atoms with van der Waals surface area (Å²) in [5.74, 6) is 2.22. The minimum Gasteiger partial charge on any atom is -0.504 e. The molecular formula is C20H31NO3. The Kier molecular flexibility index (Phi) is 6.95. The molecule has 0 aromatic heterocycles. The molecule has 0 radical (unpaired) electrons. The summed E-state index contributed by atoms with van der Waals surface area (Å²) in [5.41, 5.74) is 0.855. The van der Waals surface area contributed by atoms with Gasteiger partial charge in [0.2, 0.25) is 5.91 Å². The van der Waals surface area contributed by atoms with E-state index < -0.39 is 0 Å².